The Kier molecular flexibility index (Phi) is 17.5. The molecule has 4 nitrogen and oxygen atoms in total. The van der Waals surface area contributed by atoms with Crippen LogP contribution >= 0.6 is 0 Å². The summed E-state index contributed by atoms with van der Waals surface area (Å²) < 4.78 is 10.1. The highest BCUT2D eigenvalue weighted by Crippen LogP contribution is 2.09. The maximum absolute atomic E-state index is 11.6. The number of unbranched alkanes of at least 4 members (excludes halogenated alkanes) is 10. The van der Waals surface area contributed by atoms with Gasteiger partial charge in [-0.2, -0.15) is 0 Å². The first kappa shape index (κ1) is 22.9. The third-order valence-electron chi connectivity index (χ3n) is 4.08. The van der Waals surface area contributed by atoms with E-state index in [9.17, 15) is 9.59 Å². The Morgan fingerprint density at radius 3 is 1.58 bits per heavy atom. The lowest BCUT2D eigenvalue weighted by atomic mass is 10.1. The first-order chi connectivity index (χ1) is 11.7. The summed E-state index contributed by atoms with van der Waals surface area (Å²) in [4.78, 5) is 22.7. The maximum Gasteiger partial charge on any atom is 0.305 e. The second-order valence-electron chi connectivity index (χ2n) is 6.41. The van der Waals surface area contributed by atoms with Gasteiger partial charge in [0.2, 0.25) is 0 Å². The monoisotopic (exact) mass is 342 g/mol. The number of ether oxygens (including phenoxy) is 2. The topological polar surface area (TPSA) is 52.6 Å². The van der Waals surface area contributed by atoms with Crippen molar-refractivity contribution in [3.8, 4) is 0 Å². The molecule has 0 heterocycles. The zero-order chi connectivity index (χ0) is 17.9. The largest absolute Gasteiger partial charge is 0.466 e. The quantitative estimate of drug-likeness (QED) is 0.256. The van der Waals surface area contributed by atoms with Gasteiger partial charge in [-0.05, 0) is 26.2 Å². The minimum absolute atomic E-state index is 0.0625. The summed E-state index contributed by atoms with van der Waals surface area (Å²) in [5.41, 5.74) is 0. The van der Waals surface area contributed by atoms with Crippen molar-refractivity contribution >= 4 is 11.9 Å². The predicted molar refractivity (Wildman–Crippen MR) is 97.9 cm³/mol. The first-order valence-electron chi connectivity index (χ1n) is 10.0. The molecule has 0 fully saturated rings. The van der Waals surface area contributed by atoms with Gasteiger partial charge in [0.1, 0.15) is 0 Å². The molecule has 0 aromatic carbocycles. The summed E-state index contributed by atoms with van der Waals surface area (Å²) in [6.45, 7) is 5.08. The smallest absolute Gasteiger partial charge is 0.305 e. The molecule has 0 aromatic heterocycles. The Labute approximate surface area is 148 Å². The summed E-state index contributed by atoms with van der Waals surface area (Å²) in [6.07, 6.45) is 14.5. The van der Waals surface area contributed by atoms with Gasteiger partial charge < -0.3 is 9.47 Å². The van der Waals surface area contributed by atoms with E-state index in [4.69, 9.17) is 9.47 Å². The molecule has 0 rings (SSSR count). The molecule has 0 aliphatic rings. The van der Waals surface area contributed by atoms with Gasteiger partial charge in [-0.1, -0.05) is 64.7 Å². The maximum atomic E-state index is 11.6. The van der Waals surface area contributed by atoms with E-state index in [1.165, 1.54) is 32.1 Å². The fraction of sp³-hybridized carbons (Fsp3) is 0.900. The van der Waals surface area contributed by atoms with E-state index in [0.29, 0.717) is 26.1 Å². The highest BCUT2D eigenvalue weighted by molar-refractivity contribution is 5.69. The van der Waals surface area contributed by atoms with Gasteiger partial charge in [0, 0.05) is 12.8 Å². The fourth-order valence-electron chi connectivity index (χ4n) is 2.62. The first-order valence-corrected chi connectivity index (χ1v) is 10.0. The van der Waals surface area contributed by atoms with Crippen LogP contribution in [-0.4, -0.2) is 25.2 Å². The number of rotatable bonds is 17. The SMILES string of the molecule is CCCCCCCCCOC(=O)CCCCCCCC(=O)OCC. The van der Waals surface area contributed by atoms with Crippen LogP contribution in [-0.2, 0) is 19.1 Å². The molecular weight excluding hydrogens is 304 g/mol. The van der Waals surface area contributed by atoms with E-state index in [0.717, 1.165) is 44.9 Å². The summed E-state index contributed by atoms with van der Waals surface area (Å²) in [6, 6.07) is 0. The van der Waals surface area contributed by atoms with Crippen LogP contribution in [0.2, 0.25) is 0 Å². The van der Waals surface area contributed by atoms with Crippen LogP contribution in [0.1, 0.15) is 104 Å². The molecular formula is C20H38O4. The van der Waals surface area contributed by atoms with Gasteiger partial charge in [-0.15, -0.1) is 0 Å². The van der Waals surface area contributed by atoms with Crippen LogP contribution in [0.4, 0.5) is 0 Å². The van der Waals surface area contributed by atoms with Gasteiger partial charge in [0.05, 0.1) is 13.2 Å². The number of hydrogen-bond donors (Lipinski definition) is 0. The Bertz CT molecular complexity index is 302. The molecule has 0 aliphatic carbocycles. The van der Waals surface area contributed by atoms with Gasteiger partial charge in [0.25, 0.3) is 0 Å². The van der Waals surface area contributed by atoms with E-state index in [-0.39, 0.29) is 11.9 Å². The lowest BCUT2D eigenvalue weighted by Gasteiger charge is -2.05. The molecule has 0 aromatic rings. The highest BCUT2D eigenvalue weighted by atomic mass is 16.5. The molecule has 0 amide bonds. The Balaban J connectivity index is 3.22. The number of carbonyl (C=O) groups is 2. The molecule has 0 N–H and O–H groups in total. The van der Waals surface area contributed by atoms with Crippen molar-refractivity contribution in [1.29, 1.82) is 0 Å². The van der Waals surface area contributed by atoms with Gasteiger partial charge in [-0.3, -0.25) is 9.59 Å². The number of hydrogen-bond acceptors (Lipinski definition) is 4. The van der Waals surface area contributed by atoms with E-state index >= 15 is 0 Å². The Hall–Kier alpha value is -1.06. The van der Waals surface area contributed by atoms with Crippen molar-refractivity contribution in [2.24, 2.45) is 0 Å². The average Bonchev–Trinajstić information content (AvgIpc) is 2.56. The molecule has 0 spiro atoms. The predicted octanol–water partition coefficient (Wildman–Crippen LogP) is 5.57. The zero-order valence-corrected chi connectivity index (χ0v) is 15.9. The molecule has 0 aliphatic heterocycles. The van der Waals surface area contributed by atoms with Crippen LogP contribution in [0.5, 0.6) is 0 Å². The highest BCUT2D eigenvalue weighted by Gasteiger charge is 2.03. The van der Waals surface area contributed by atoms with Gasteiger partial charge in [-0.25, -0.2) is 0 Å². The molecule has 0 saturated carbocycles. The summed E-state index contributed by atoms with van der Waals surface area (Å²) >= 11 is 0. The molecule has 24 heavy (non-hydrogen) atoms. The average molecular weight is 343 g/mol. The number of esters is 2. The van der Waals surface area contributed by atoms with Crippen LogP contribution in [0.3, 0.4) is 0 Å². The lowest BCUT2D eigenvalue weighted by molar-refractivity contribution is -0.144. The van der Waals surface area contributed by atoms with E-state index in [1.807, 2.05) is 6.92 Å². The molecule has 0 atom stereocenters. The molecule has 4 heteroatoms. The molecule has 0 unspecified atom stereocenters. The van der Waals surface area contributed by atoms with Crippen molar-refractivity contribution in [3.05, 3.63) is 0 Å². The van der Waals surface area contributed by atoms with Crippen molar-refractivity contribution in [3.63, 3.8) is 0 Å². The van der Waals surface area contributed by atoms with Crippen LogP contribution < -0.4 is 0 Å². The molecule has 0 saturated heterocycles. The van der Waals surface area contributed by atoms with Gasteiger partial charge >= 0.3 is 11.9 Å². The van der Waals surface area contributed by atoms with Crippen LogP contribution in [0.15, 0.2) is 0 Å². The third-order valence-corrected chi connectivity index (χ3v) is 4.08. The fourth-order valence-corrected chi connectivity index (χ4v) is 2.62. The minimum Gasteiger partial charge on any atom is -0.466 e. The van der Waals surface area contributed by atoms with Crippen molar-refractivity contribution in [1.82, 2.24) is 0 Å². The van der Waals surface area contributed by atoms with Crippen molar-refractivity contribution in [2.75, 3.05) is 13.2 Å². The van der Waals surface area contributed by atoms with Crippen LogP contribution in [0.25, 0.3) is 0 Å². The Morgan fingerprint density at radius 1 is 0.583 bits per heavy atom. The van der Waals surface area contributed by atoms with E-state index in [2.05, 4.69) is 6.92 Å². The lowest BCUT2D eigenvalue weighted by Crippen LogP contribution is -2.05. The van der Waals surface area contributed by atoms with Crippen LogP contribution in [0, 0.1) is 0 Å². The standard InChI is InChI=1S/C20H38O4/c1-3-5-6-7-8-12-15-18-24-20(22)17-14-11-9-10-13-16-19(21)23-4-2/h3-18H2,1-2H3. The second kappa shape index (κ2) is 18.3. The molecule has 0 radical (unpaired) electrons. The van der Waals surface area contributed by atoms with E-state index < -0.39 is 0 Å². The molecule has 0 bridgehead atoms. The summed E-state index contributed by atoms with van der Waals surface area (Å²) in [7, 11) is 0. The Morgan fingerprint density at radius 2 is 1.04 bits per heavy atom. The van der Waals surface area contributed by atoms with E-state index in [1.54, 1.807) is 0 Å². The van der Waals surface area contributed by atoms with Crippen molar-refractivity contribution in [2.45, 2.75) is 104 Å². The summed E-state index contributed by atoms with van der Waals surface area (Å²) in [5, 5.41) is 0. The van der Waals surface area contributed by atoms with Crippen molar-refractivity contribution < 1.29 is 19.1 Å². The zero-order valence-electron chi connectivity index (χ0n) is 15.9. The normalized spacial score (nSPS) is 10.6. The summed E-state index contributed by atoms with van der Waals surface area (Å²) in [5.74, 6) is -0.168. The number of carbonyl (C=O) groups excluding carboxylic acids is 2. The molecule has 142 valence electrons. The third kappa shape index (κ3) is 17.3. The minimum atomic E-state index is -0.105. The van der Waals surface area contributed by atoms with Gasteiger partial charge in [0.15, 0.2) is 0 Å². The second-order valence-corrected chi connectivity index (χ2v) is 6.41.